The van der Waals surface area contributed by atoms with Crippen molar-refractivity contribution in [3.8, 4) is 5.69 Å². The van der Waals surface area contributed by atoms with E-state index in [4.69, 9.17) is 5.10 Å². The van der Waals surface area contributed by atoms with Gasteiger partial charge in [-0.1, -0.05) is 32.9 Å². The van der Waals surface area contributed by atoms with Crippen LogP contribution in [0.1, 0.15) is 37.6 Å². The fraction of sp³-hybridized carbons (Fsp3) is 0.333. The molecule has 4 rings (SSSR count). The molecule has 162 valence electrons. The number of rotatable bonds is 3. The number of nitrogens with one attached hydrogen (secondary N) is 3. The van der Waals surface area contributed by atoms with Crippen molar-refractivity contribution in [2.24, 2.45) is 0 Å². The highest BCUT2D eigenvalue weighted by atomic mass is 19.1. The minimum Gasteiger partial charge on any atom is -0.316 e. The third-order valence-corrected chi connectivity index (χ3v) is 5.38. The molecule has 0 radical (unpaired) electrons. The van der Waals surface area contributed by atoms with Gasteiger partial charge < -0.3 is 10.6 Å². The van der Waals surface area contributed by atoms with Crippen LogP contribution >= 0.6 is 0 Å². The van der Waals surface area contributed by atoms with Crippen LogP contribution in [0.3, 0.4) is 0 Å². The number of carbonyl (C=O) groups excluding carboxylic acids is 1. The first-order chi connectivity index (χ1) is 14.8. The van der Waals surface area contributed by atoms with E-state index in [1.54, 1.807) is 16.8 Å². The van der Waals surface area contributed by atoms with E-state index in [2.05, 4.69) is 48.9 Å². The molecular weight excluding hydrogens is 393 g/mol. The van der Waals surface area contributed by atoms with Gasteiger partial charge in [0.25, 0.3) is 0 Å². The Morgan fingerprint density at radius 3 is 2.55 bits per heavy atom. The molecule has 0 fully saturated rings. The van der Waals surface area contributed by atoms with Gasteiger partial charge >= 0.3 is 6.03 Å². The largest absolute Gasteiger partial charge is 0.324 e. The lowest BCUT2D eigenvalue weighted by Crippen LogP contribution is -2.21. The molecule has 31 heavy (non-hydrogen) atoms. The molecule has 0 saturated heterocycles. The summed E-state index contributed by atoms with van der Waals surface area (Å²) in [6.45, 7) is 8.18. The van der Waals surface area contributed by atoms with E-state index < -0.39 is 11.8 Å². The van der Waals surface area contributed by atoms with Gasteiger partial charge in [0.1, 0.15) is 11.6 Å². The zero-order valence-corrected chi connectivity index (χ0v) is 18.1. The molecule has 3 N–H and O–H groups in total. The Morgan fingerprint density at radius 2 is 1.81 bits per heavy atom. The molecule has 3 aromatic rings. The Hall–Kier alpha value is -3.19. The maximum Gasteiger partial charge on any atom is 0.324 e. The standard InChI is InChI=1S/C24H28FN5O/c1-24(2,3)21-15-22(28-23(31)27-19-6-4-5-18(25)14-19)30(29-21)20-8-7-16-9-11-26-12-10-17(16)13-20/h4-8,13-15,26H,9-12H2,1-3H3,(H2,27,28,31). The molecule has 6 nitrogen and oxygen atoms in total. The van der Waals surface area contributed by atoms with Crippen LogP contribution < -0.4 is 16.0 Å². The Morgan fingerprint density at radius 1 is 1.03 bits per heavy atom. The predicted molar refractivity (Wildman–Crippen MR) is 122 cm³/mol. The van der Waals surface area contributed by atoms with Crippen molar-refractivity contribution in [2.75, 3.05) is 23.7 Å². The number of amides is 2. The molecule has 2 amide bonds. The molecule has 2 heterocycles. The predicted octanol–water partition coefficient (Wildman–Crippen LogP) is 4.64. The first kappa shape index (κ1) is 21.1. The zero-order chi connectivity index (χ0) is 22.0. The van der Waals surface area contributed by atoms with Gasteiger partial charge in [0, 0.05) is 17.2 Å². The summed E-state index contributed by atoms with van der Waals surface area (Å²) in [4.78, 5) is 12.6. The molecule has 0 atom stereocenters. The normalized spacial score (nSPS) is 13.9. The quantitative estimate of drug-likeness (QED) is 0.577. The van der Waals surface area contributed by atoms with Gasteiger partial charge in [-0.05, 0) is 67.4 Å². The molecule has 0 aliphatic carbocycles. The van der Waals surface area contributed by atoms with Crippen molar-refractivity contribution in [3.63, 3.8) is 0 Å². The van der Waals surface area contributed by atoms with E-state index in [1.165, 1.54) is 23.3 Å². The molecule has 1 aromatic heterocycles. The lowest BCUT2D eigenvalue weighted by Gasteiger charge is -2.14. The smallest absolute Gasteiger partial charge is 0.316 e. The van der Waals surface area contributed by atoms with E-state index in [0.29, 0.717) is 11.5 Å². The summed E-state index contributed by atoms with van der Waals surface area (Å²) in [6.07, 6.45) is 1.96. The number of nitrogens with zero attached hydrogens (tertiary/aromatic N) is 2. The monoisotopic (exact) mass is 421 g/mol. The average Bonchev–Trinajstić information content (AvgIpc) is 2.98. The van der Waals surface area contributed by atoms with Crippen LogP contribution in [0.2, 0.25) is 0 Å². The zero-order valence-electron chi connectivity index (χ0n) is 18.1. The number of hydrogen-bond acceptors (Lipinski definition) is 3. The number of anilines is 2. The summed E-state index contributed by atoms with van der Waals surface area (Å²) in [7, 11) is 0. The fourth-order valence-electron chi connectivity index (χ4n) is 3.67. The fourth-order valence-corrected chi connectivity index (χ4v) is 3.67. The van der Waals surface area contributed by atoms with Gasteiger partial charge in [-0.25, -0.2) is 13.9 Å². The van der Waals surface area contributed by atoms with Crippen LogP contribution in [-0.2, 0) is 18.3 Å². The Bertz CT molecular complexity index is 1100. The van der Waals surface area contributed by atoms with Crippen LogP contribution in [0.4, 0.5) is 20.7 Å². The summed E-state index contributed by atoms with van der Waals surface area (Å²) >= 11 is 0. The first-order valence-electron chi connectivity index (χ1n) is 10.6. The van der Waals surface area contributed by atoms with E-state index in [0.717, 1.165) is 37.3 Å². The molecule has 1 aliphatic rings. The number of halogens is 1. The molecule has 0 saturated carbocycles. The second-order valence-electron chi connectivity index (χ2n) is 8.87. The Kier molecular flexibility index (Phi) is 5.78. The number of aromatic nitrogens is 2. The summed E-state index contributed by atoms with van der Waals surface area (Å²) in [5.41, 5.74) is 4.61. The second-order valence-corrected chi connectivity index (χ2v) is 8.87. The van der Waals surface area contributed by atoms with E-state index >= 15 is 0 Å². The van der Waals surface area contributed by atoms with Crippen LogP contribution in [-0.4, -0.2) is 28.9 Å². The molecule has 2 aromatic carbocycles. The van der Waals surface area contributed by atoms with Crippen molar-refractivity contribution >= 4 is 17.5 Å². The lowest BCUT2D eigenvalue weighted by atomic mass is 9.92. The van der Waals surface area contributed by atoms with E-state index in [9.17, 15) is 9.18 Å². The minimum atomic E-state index is -0.453. The molecular formula is C24H28FN5O. The maximum absolute atomic E-state index is 13.4. The highest BCUT2D eigenvalue weighted by Crippen LogP contribution is 2.28. The Labute approximate surface area is 181 Å². The molecule has 0 bridgehead atoms. The molecule has 0 unspecified atom stereocenters. The Balaban J connectivity index is 1.65. The van der Waals surface area contributed by atoms with Gasteiger partial charge in [-0.2, -0.15) is 5.10 Å². The molecule has 7 heteroatoms. The van der Waals surface area contributed by atoms with Crippen molar-refractivity contribution in [3.05, 3.63) is 71.2 Å². The van der Waals surface area contributed by atoms with Crippen LogP contribution in [0.5, 0.6) is 0 Å². The number of hydrogen-bond donors (Lipinski definition) is 3. The van der Waals surface area contributed by atoms with Crippen molar-refractivity contribution in [2.45, 2.75) is 39.0 Å². The number of carbonyl (C=O) groups is 1. The second kappa shape index (κ2) is 8.51. The summed E-state index contributed by atoms with van der Waals surface area (Å²) in [6, 6.07) is 13.6. The molecule has 1 aliphatic heterocycles. The van der Waals surface area contributed by atoms with Gasteiger partial charge in [0.15, 0.2) is 0 Å². The lowest BCUT2D eigenvalue weighted by molar-refractivity contribution is 0.262. The maximum atomic E-state index is 13.4. The van der Waals surface area contributed by atoms with Gasteiger partial charge in [-0.3, -0.25) is 5.32 Å². The number of urea groups is 1. The van der Waals surface area contributed by atoms with Crippen molar-refractivity contribution < 1.29 is 9.18 Å². The van der Waals surface area contributed by atoms with Crippen LogP contribution in [0.15, 0.2) is 48.5 Å². The summed E-state index contributed by atoms with van der Waals surface area (Å²) in [5.74, 6) is 0.155. The first-order valence-corrected chi connectivity index (χ1v) is 10.6. The SMILES string of the molecule is CC(C)(C)c1cc(NC(=O)Nc2cccc(F)c2)n(-c2ccc3c(c2)CCNCC3)n1. The van der Waals surface area contributed by atoms with E-state index in [1.807, 2.05) is 12.1 Å². The van der Waals surface area contributed by atoms with Crippen molar-refractivity contribution in [1.29, 1.82) is 0 Å². The third kappa shape index (κ3) is 4.94. The van der Waals surface area contributed by atoms with Gasteiger partial charge in [0.2, 0.25) is 0 Å². The van der Waals surface area contributed by atoms with Gasteiger partial charge in [-0.15, -0.1) is 0 Å². The summed E-state index contributed by atoms with van der Waals surface area (Å²) < 4.78 is 15.2. The summed E-state index contributed by atoms with van der Waals surface area (Å²) in [5, 5.41) is 13.8. The number of benzene rings is 2. The van der Waals surface area contributed by atoms with E-state index in [-0.39, 0.29) is 5.41 Å². The molecule has 0 spiro atoms. The minimum absolute atomic E-state index is 0.184. The average molecular weight is 422 g/mol. The van der Waals surface area contributed by atoms with Crippen LogP contribution in [0, 0.1) is 5.82 Å². The van der Waals surface area contributed by atoms with Crippen molar-refractivity contribution in [1.82, 2.24) is 15.1 Å². The number of fused-ring (bicyclic) bond motifs is 1. The van der Waals surface area contributed by atoms with Gasteiger partial charge in [0.05, 0.1) is 11.4 Å². The topological polar surface area (TPSA) is 71.0 Å². The van der Waals surface area contributed by atoms with Crippen LogP contribution in [0.25, 0.3) is 5.69 Å². The third-order valence-electron chi connectivity index (χ3n) is 5.38. The highest BCUT2D eigenvalue weighted by molar-refractivity contribution is 5.99. The highest BCUT2D eigenvalue weighted by Gasteiger charge is 2.22.